The zero-order valence-corrected chi connectivity index (χ0v) is 17.4. The first-order valence-electron chi connectivity index (χ1n) is 10.3. The van der Waals surface area contributed by atoms with Crippen LogP contribution in [0.3, 0.4) is 0 Å². The fourth-order valence-corrected chi connectivity index (χ4v) is 4.06. The summed E-state index contributed by atoms with van der Waals surface area (Å²) in [6, 6.07) is 14.1. The number of benzene rings is 2. The minimum atomic E-state index is -0.698. The molecule has 5 heteroatoms. The third-order valence-corrected chi connectivity index (χ3v) is 5.98. The average molecular weight is 392 g/mol. The topological polar surface area (TPSA) is 57.4 Å². The van der Waals surface area contributed by atoms with Gasteiger partial charge in [-0.3, -0.25) is 4.79 Å². The summed E-state index contributed by atoms with van der Waals surface area (Å²) < 4.78 is 5.36. The zero-order valence-electron chi connectivity index (χ0n) is 17.4. The largest absolute Gasteiger partial charge is 0.497 e. The van der Waals surface area contributed by atoms with Crippen LogP contribution in [0.25, 0.3) is 10.9 Å². The highest BCUT2D eigenvalue weighted by Gasteiger charge is 2.32. The highest BCUT2D eigenvalue weighted by atomic mass is 16.5. The SMILES string of the molecule is COc1ccc2[nH]cc(C(C)(C)C(=O)Nc3ccc(N4CCCCC4)cc3)c2c1. The van der Waals surface area contributed by atoms with Crippen molar-refractivity contribution in [2.75, 3.05) is 30.4 Å². The van der Waals surface area contributed by atoms with Gasteiger partial charge in [-0.2, -0.15) is 0 Å². The van der Waals surface area contributed by atoms with Crippen LogP contribution >= 0.6 is 0 Å². The van der Waals surface area contributed by atoms with Gasteiger partial charge in [-0.05, 0) is 81.1 Å². The Morgan fingerprint density at radius 3 is 2.48 bits per heavy atom. The van der Waals surface area contributed by atoms with Gasteiger partial charge in [-0.1, -0.05) is 0 Å². The van der Waals surface area contributed by atoms with E-state index in [0.29, 0.717) is 0 Å². The minimum absolute atomic E-state index is 0.0352. The number of carbonyl (C=O) groups excluding carboxylic acids is 1. The molecule has 0 spiro atoms. The molecule has 2 N–H and O–H groups in total. The maximum absolute atomic E-state index is 13.2. The number of nitrogens with one attached hydrogen (secondary N) is 2. The Labute approximate surface area is 172 Å². The number of H-pyrrole nitrogens is 1. The summed E-state index contributed by atoms with van der Waals surface area (Å²) in [4.78, 5) is 18.8. The zero-order chi connectivity index (χ0) is 20.4. The van der Waals surface area contributed by atoms with E-state index in [1.165, 1.54) is 24.9 Å². The van der Waals surface area contributed by atoms with Gasteiger partial charge in [0.05, 0.1) is 12.5 Å². The van der Waals surface area contributed by atoms with E-state index < -0.39 is 5.41 Å². The lowest BCUT2D eigenvalue weighted by Gasteiger charge is -2.29. The summed E-state index contributed by atoms with van der Waals surface area (Å²) >= 11 is 0. The fraction of sp³-hybridized carbons (Fsp3) is 0.375. The molecular weight excluding hydrogens is 362 g/mol. The number of piperidine rings is 1. The molecule has 0 bridgehead atoms. The van der Waals surface area contributed by atoms with Crippen LogP contribution in [0.4, 0.5) is 11.4 Å². The van der Waals surface area contributed by atoms with E-state index in [2.05, 4.69) is 27.3 Å². The Balaban J connectivity index is 1.53. The monoisotopic (exact) mass is 391 g/mol. The molecule has 4 rings (SSSR count). The van der Waals surface area contributed by atoms with Crippen molar-refractivity contribution < 1.29 is 9.53 Å². The van der Waals surface area contributed by atoms with Crippen molar-refractivity contribution in [2.24, 2.45) is 0 Å². The van der Waals surface area contributed by atoms with Gasteiger partial charge in [-0.15, -0.1) is 0 Å². The number of aromatic amines is 1. The maximum Gasteiger partial charge on any atom is 0.234 e. The Morgan fingerprint density at radius 2 is 1.79 bits per heavy atom. The second kappa shape index (κ2) is 7.82. The predicted molar refractivity (Wildman–Crippen MR) is 119 cm³/mol. The molecule has 2 heterocycles. The van der Waals surface area contributed by atoms with E-state index in [9.17, 15) is 4.79 Å². The smallest absolute Gasteiger partial charge is 0.234 e. The van der Waals surface area contributed by atoms with Crippen molar-refractivity contribution in [3.63, 3.8) is 0 Å². The van der Waals surface area contributed by atoms with Gasteiger partial charge in [0, 0.05) is 41.6 Å². The van der Waals surface area contributed by atoms with Gasteiger partial charge in [0.15, 0.2) is 0 Å². The number of anilines is 2. The minimum Gasteiger partial charge on any atom is -0.497 e. The molecule has 0 saturated carbocycles. The average Bonchev–Trinajstić information content (AvgIpc) is 3.18. The van der Waals surface area contributed by atoms with Crippen LogP contribution in [0, 0.1) is 0 Å². The van der Waals surface area contributed by atoms with Crippen molar-refractivity contribution >= 4 is 28.2 Å². The molecule has 152 valence electrons. The number of hydrogen-bond donors (Lipinski definition) is 2. The molecule has 1 aromatic heterocycles. The molecule has 0 unspecified atom stereocenters. The van der Waals surface area contributed by atoms with E-state index in [-0.39, 0.29) is 5.91 Å². The van der Waals surface area contributed by atoms with Crippen LogP contribution < -0.4 is 15.0 Å². The van der Waals surface area contributed by atoms with E-state index >= 15 is 0 Å². The number of methoxy groups -OCH3 is 1. The molecule has 1 saturated heterocycles. The third kappa shape index (κ3) is 3.82. The van der Waals surface area contributed by atoms with Crippen LogP contribution in [0.15, 0.2) is 48.7 Å². The molecule has 5 nitrogen and oxygen atoms in total. The number of hydrogen-bond acceptors (Lipinski definition) is 3. The van der Waals surface area contributed by atoms with Crippen molar-refractivity contribution in [3.05, 3.63) is 54.2 Å². The van der Waals surface area contributed by atoms with Gasteiger partial charge in [0.25, 0.3) is 0 Å². The highest BCUT2D eigenvalue weighted by Crippen LogP contribution is 2.33. The number of amides is 1. The van der Waals surface area contributed by atoms with Crippen LogP contribution in [-0.2, 0) is 10.2 Å². The summed E-state index contributed by atoms with van der Waals surface area (Å²) in [7, 11) is 1.65. The second-order valence-electron chi connectivity index (χ2n) is 8.29. The van der Waals surface area contributed by atoms with Gasteiger partial charge in [0.2, 0.25) is 5.91 Å². The van der Waals surface area contributed by atoms with Crippen LogP contribution in [0.2, 0.25) is 0 Å². The van der Waals surface area contributed by atoms with Crippen LogP contribution in [-0.4, -0.2) is 31.1 Å². The normalized spacial score (nSPS) is 14.8. The van der Waals surface area contributed by atoms with Crippen molar-refractivity contribution in [1.82, 2.24) is 4.98 Å². The number of aromatic nitrogens is 1. The molecular formula is C24H29N3O2. The maximum atomic E-state index is 13.2. The lowest BCUT2D eigenvalue weighted by Crippen LogP contribution is -2.34. The standard InChI is InChI=1S/C24H29N3O2/c1-24(2,21-16-25-22-12-11-19(29-3)15-20(21)22)23(28)26-17-7-9-18(10-8-17)27-13-5-4-6-14-27/h7-12,15-16,25H,4-6,13-14H2,1-3H3,(H,26,28). The van der Waals surface area contributed by atoms with Crippen molar-refractivity contribution in [3.8, 4) is 5.75 Å². The van der Waals surface area contributed by atoms with Crippen LogP contribution in [0.5, 0.6) is 5.75 Å². The van der Waals surface area contributed by atoms with E-state index in [4.69, 9.17) is 4.74 Å². The van der Waals surface area contributed by atoms with E-state index in [1.807, 2.05) is 50.4 Å². The summed E-state index contributed by atoms with van der Waals surface area (Å²) in [5.41, 5.74) is 3.30. The number of nitrogens with zero attached hydrogens (tertiary/aromatic N) is 1. The quantitative estimate of drug-likeness (QED) is 0.637. The van der Waals surface area contributed by atoms with Gasteiger partial charge in [-0.25, -0.2) is 0 Å². The summed E-state index contributed by atoms with van der Waals surface area (Å²) in [6.45, 7) is 6.13. The number of carbonyl (C=O) groups is 1. The molecule has 0 aliphatic carbocycles. The van der Waals surface area contributed by atoms with Crippen molar-refractivity contribution in [1.29, 1.82) is 0 Å². The van der Waals surface area contributed by atoms with Crippen molar-refractivity contribution in [2.45, 2.75) is 38.5 Å². The van der Waals surface area contributed by atoms with Gasteiger partial charge < -0.3 is 19.9 Å². The first kappa shape index (κ1) is 19.4. The lowest BCUT2D eigenvalue weighted by molar-refractivity contribution is -0.120. The molecule has 0 atom stereocenters. The Morgan fingerprint density at radius 1 is 1.07 bits per heavy atom. The fourth-order valence-electron chi connectivity index (χ4n) is 4.06. The molecule has 2 aromatic carbocycles. The van der Waals surface area contributed by atoms with E-state index in [1.54, 1.807) is 7.11 Å². The summed E-state index contributed by atoms with van der Waals surface area (Å²) in [5, 5.41) is 4.10. The number of rotatable bonds is 5. The molecule has 3 aromatic rings. The van der Waals surface area contributed by atoms with Crippen LogP contribution in [0.1, 0.15) is 38.7 Å². The second-order valence-corrected chi connectivity index (χ2v) is 8.29. The molecule has 1 aliphatic rings. The lowest BCUT2D eigenvalue weighted by atomic mass is 9.83. The Kier molecular flexibility index (Phi) is 5.22. The number of ether oxygens (including phenoxy) is 1. The Bertz CT molecular complexity index is 999. The van der Waals surface area contributed by atoms with Gasteiger partial charge >= 0.3 is 0 Å². The number of fused-ring (bicyclic) bond motifs is 1. The first-order valence-corrected chi connectivity index (χ1v) is 10.3. The summed E-state index contributed by atoms with van der Waals surface area (Å²) in [6.07, 6.45) is 5.74. The third-order valence-electron chi connectivity index (χ3n) is 5.98. The molecule has 0 radical (unpaired) electrons. The van der Waals surface area contributed by atoms with E-state index in [0.717, 1.165) is 41.0 Å². The molecule has 29 heavy (non-hydrogen) atoms. The first-order chi connectivity index (χ1) is 14.0. The Hall–Kier alpha value is -2.95. The molecule has 1 amide bonds. The molecule has 1 fully saturated rings. The van der Waals surface area contributed by atoms with Gasteiger partial charge in [0.1, 0.15) is 5.75 Å². The summed E-state index contributed by atoms with van der Waals surface area (Å²) in [5.74, 6) is 0.745. The molecule has 1 aliphatic heterocycles. The highest BCUT2D eigenvalue weighted by molar-refractivity contribution is 6.02. The predicted octanol–water partition coefficient (Wildman–Crippen LogP) is 5.08.